The summed E-state index contributed by atoms with van der Waals surface area (Å²) in [5.74, 6) is -5.09. The first kappa shape index (κ1) is 20.1. The average molecular weight is 415 g/mol. The van der Waals surface area contributed by atoms with Gasteiger partial charge in [-0.3, -0.25) is 0 Å². The lowest BCUT2D eigenvalue weighted by Crippen LogP contribution is -2.26. The van der Waals surface area contributed by atoms with E-state index in [0.29, 0.717) is 11.3 Å². The van der Waals surface area contributed by atoms with Gasteiger partial charge < -0.3 is 10.2 Å². The lowest BCUT2D eigenvalue weighted by molar-refractivity contribution is -0.139. The lowest BCUT2D eigenvalue weighted by atomic mass is 9.92. The van der Waals surface area contributed by atoms with Crippen LogP contribution in [0.4, 0.5) is 17.6 Å². The highest BCUT2D eigenvalue weighted by Gasteiger charge is 2.47. The number of alkyl halides is 4. The molecule has 0 bridgehead atoms. The quantitative estimate of drug-likeness (QED) is 0.462. The highest BCUT2D eigenvalue weighted by molar-refractivity contribution is 7.12. The van der Waals surface area contributed by atoms with Crippen LogP contribution in [-0.2, 0) is 11.3 Å². The maximum absolute atomic E-state index is 14.2. The number of nitrogens with zero attached hydrogens (tertiary/aromatic N) is 3. The van der Waals surface area contributed by atoms with Crippen LogP contribution in [0.3, 0.4) is 0 Å². The van der Waals surface area contributed by atoms with Crippen LogP contribution in [0.2, 0.25) is 0 Å². The Bertz CT molecular complexity index is 1010. The van der Waals surface area contributed by atoms with Crippen LogP contribution in [0.5, 0.6) is 11.5 Å². The minimum atomic E-state index is -4.40. The SMILES string of the molecule is CC(C)(C)c1cc(C(F)(F)C(F)F)n(-c2nc(-c3ccc(O)c(O)c3)cs2)n1. The molecule has 0 saturated carbocycles. The third kappa shape index (κ3) is 3.56. The van der Waals surface area contributed by atoms with Gasteiger partial charge in [-0.25, -0.2) is 18.4 Å². The van der Waals surface area contributed by atoms with Gasteiger partial charge in [-0.2, -0.15) is 13.9 Å². The van der Waals surface area contributed by atoms with Crippen molar-refractivity contribution in [3.05, 3.63) is 41.0 Å². The third-order valence-electron chi connectivity index (χ3n) is 4.04. The van der Waals surface area contributed by atoms with Crippen molar-refractivity contribution in [2.75, 3.05) is 0 Å². The standard InChI is InChI=1S/C18H17F4N3O2S/c1-17(2,3)13-7-14(18(21,22)15(19)20)25(24-13)16-23-10(8-28-16)9-4-5-11(26)12(27)6-9/h4-8,15,26-27H,1-3H3. The van der Waals surface area contributed by atoms with Gasteiger partial charge in [-0.05, 0) is 24.3 Å². The van der Waals surface area contributed by atoms with Gasteiger partial charge in [-0.15, -0.1) is 11.3 Å². The van der Waals surface area contributed by atoms with Crippen molar-refractivity contribution in [3.63, 3.8) is 0 Å². The summed E-state index contributed by atoms with van der Waals surface area (Å²) in [5, 5.41) is 24.6. The van der Waals surface area contributed by atoms with E-state index >= 15 is 0 Å². The molecular weight excluding hydrogens is 398 g/mol. The summed E-state index contributed by atoms with van der Waals surface area (Å²) in [6, 6.07) is 4.96. The van der Waals surface area contributed by atoms with Crippen LogP contribution in [0, 0.1) is 0 Å². The van der Waals surface area contributed by atoms with E-state index in [1.807, 2.05) is 0 Å². The van der Waals surface area contributed by atoms with Crippen LogP contribution in [0.25, 0.3) is 16.4 Å². The maximum atomic E-state index is 14.2. The first-order valence-electron chi connectivity index (χ1n) is 8.16. The zero-order valence-corrected chi connectivity index (χ0v) is 15.9. The topological polar surface area (TPSA) is 71.2 Å². The highest BCUT2D eigenvalue weighted by Crippen LogP contribution is 2.39. The summed E-state index contributed by atoms with van der Waals surface area (Å²) in [6.45, 7) is 5.20. The molecule has 0 aliphatic heterocycles. The molecular formula is C18H17F4N3O2S. The van der Waals surface area contributed by atoms with E-state index < -0.39 is 23.5 Å². The Morgan fingerprint density at radius 1 is 1.07 bits per heavy atom. The molecule has 0 atom stereocenters. The zero-order valence-electron chi connectivity index (χ0n) is 15.1. The Kier molecular flexibility index (Phi) is 4.86. The molecule has 10 heteroatoms. The first-order chi connectivity index (χ1) is 12.9. The van der Waals surface area contributed by atoms with E-state index in [1.54, 1.807) is 20.8 Å². The second-order valence-electron chi connectivity index (χ2n) is 7.22. The number of phenolic OH excluding ortho intramolecular Hbond substituents is 2. The smallest absolute Gasteiger partial charge is 0.349 e. The number of aromatic hydroxyl groups is 2. The number of hydrogen-bond donors (Lipinski definition) is 2. The molecule has 1 aromatic carbocycles. The fraction of sp³-hybridized carbons (Fsp3) is 0.333. The monoisotopic (exact) mass is 415 g/mol. The van der Waals surface area contributed by atoms with Gasteiger partial charge >= 0.3 is 12.3 Å². The number of phenols is 2. The van der Waals surface area contributed by atoms with Crippen molar-refractivity contribution in [2.24, 2.45) is 0 Å². The van der Waals surface area contributed by atoms with Crippen molar-refractivity contribution in [2.45, 2.75) is 38.5 Å². The molecule has 2 heterocycles. The Balaban J connectivity index is 2.12. The predicted octanol–water partition coefficient (Wildman–Crippen LogP) is 5.06. The van der Waals surface area contributed by atoms with Crippen LogP contribution in [-0.4, -0.2) is 31.4 Å². The molecule has 2 aromatic heterocycles. The Morgan fingerprint density at radius 3 is 2.32 bits per heavy atom. The zero-order chi connectivity index (χ0) is 20.9. The molecule has 0 radical (unpaired) electrons. The highest BCUT2D eigenvalue weighted by atomic mass is 32.1. The molecule has 0 saturated heterocycles. The Labute approximate surface area is 161 Å². The van der Waals surface area contributed by atoms with Crippen LogP contribution >= 0.6 is 11.3 Å². The minimum absolute atomic E-state index is 0.0200. The van der Waals surface area contributed by atoms with Gasteiger partial charge in [0, 0.05) is 16.4 Å². The number of halogens is 4. The molecule has 0 aliphatic rings. The van der Waals surface area contributed by atoms with Gasteiger partial charge in [-0.1, -0.05) is 20.8 Å². The fourth-order valence-corrected chi connectivity index (χ4v) is 3.22. The largest absolute Gasteiger partial charge is 0.504 e. The molecule has 0 spiro atoms. The molecule has 5 nitrogen and oxygen atoms in total. The third-order valence-corrected chi connectivity index (χ3v) is 4.85. The van der Waals surface area contributed by atoms with Crippen LogP contribution < -0.4 is 0 Å². The summed E-state index contributed by atoms with van der Waals surface area (Å²) in [7, 11) is 0. The summed E-state index contributed by atoms with van der Waals surface area (Å²) < 4.78 is 55.0. The molecule has 3 rings (SSSR count). The van der Waals surface area contributed by atoms with Crippen LogP contribution in [0.1, 0.15) is 32.2 Å². The van der Waals surface area contributed by atoms with Crippen molar-refractivity contribution >= 4 is 11.3 Å². The summed E-state index contributed by atoms with van der Waals surface area (Å²) in [6.07, 6.45) is -3.90. The number of hydrogen-bond acceptors (Lipinski definition) is 5. The van der Waals surface area contributed by atoms with Gasteiger partial charge in [0.1, 0.15) is 5.69 Å². The maximum Gasteiger partial charge on any atom is 0.349 e. The molecule has 0 aliphatic carbocycles. The molecule has 3 aromatic rings. The molecule has 2 N–H and O–H groups in total. The first-order valence-corrected chi connectivity index (χ1v) is 9.04. The molecule has 0 amide bonds. The number of rotatable bonds is 4. The van der Waals surface area contributed by atoms with Gasteiger partial charge in [0.25, 0.3) is 0 Å². The van der Waals surface area contributed by atoms with Crippen molar-refractivity contribution in [3.8, 4) is 27.9 Å². The van der Waals surface area contributed by atoms with E-state index in [-0.39, 0.29) is 22.3 Å². The molecule has 0 unspecified atom stereocenters. The van der Waals surface area contributed by atoms with E-state index in [2.05, 4.69) is 10.1 Å². The lowest BCUT2D eigenvalue weighted by Gasteiger charge is -2.15. The molecule has 28 heavy (non-hydrogen) atoms. The summed E-state index contributed by atoms with van der Waals surface area (Å²) >= 11 is 0.940. The van der Waals surface area contributed by atoms with Gasteiger partial charge in [0.05, 0.1) is 11.4 Å². The normalized spacial score (nSPS) is 12.7. The van der Waals surface area contributed by atoms with E-state index in [4.69, 9.17) is 0 Å². The van der Waals surface area contributed by atoms with E-state index in [9.17, 15) is 27.8 Å². The van der Waals surface area contributed by atoms with Gasteiger partial charge in [0.2, 0.25) is 5.13 Å². The second-order valence-corrected chi connectivity index (χ2v) is 8.06. The van der Waals surface area contributed by atoms with E-state index in [0.717, 1.165) is 22.1 Å². The molecule has 0 fully saturated rings. The number of thiazole rings is 1. The summed E-state index contributed by atoms with van der Waals surface area (Å²) in [5.41, 5.74) is -0.623. The van der Waals surface area contributed by atoms with E-state index in [1.165, 1.54) is 23.6 Å². The number of benzene rings is 1. The van der Waals surface area contributed by atoms with Gasteiger partial charge in [0.15, 0.2) is 11.5 Å². The van der Waals surface area contributed by atoms with Crippen molar-refractivity contribution < 1.29 is 27.8 Å². The minimum Gasteiger partial charge on any atom is -0.504 e. The average Bonchev–Trinajstić information content (AvgIpc) is 3.23. The van der Waals surface area contributed by atoms with Crippen molar-refractivity contribution in [1.29, 1.82) is 0 Å². The molecule has 150 valence electrons. The summed E-state index contributed by atoms with van der Waals surface area (Å²) in [4.78, 5) is 4.20. The van der Waals surface area contributed by atoms with Crippen molar-refractivity contribution in [1.82, 2.24) is 14.8 Å². The van der Waals surface area contributed by atoms with Crippen LogP contribution in [0.15, 0.2) is 29.6 Å². The second kappa shape index (κ2) is 6.77. The number of aromatic nitrogens is 3. The Hall–Kier alpha value is -2.62. The predicted molar refractivity (Wildman–Crippen MR) is 96.6 cm³/mol. The Morgan fingerprint density at radius 2 is 1.75 bits per heavy atom. The fourth-order valence-electron chi connectivity index (χ4n) is 2.42.